The summed E-state index contributed by atoms with van der Waals surface area (Å²) in [5, 5.41) is 3.63. The van der Waals surface area contributed by atoms with Crippen LogP contribution in [0.25, 0.3) is 0 Å². The van der Waals surface area contributed by atoms with E-state index >= 15 is 0 Å². The van der Waals surface area contributed by atoms with E-state index in [1.54, 1.807) is 0 Å². The Morgan fingerprint density at radius 3 is 2.81 bits per heavy atom. The number of hydrogen-bond donors (Lipinski definition) is 1. The zero-order chi connectivity index (χ0) is 14.9. The van der Waals surface area contributed by atoms with Gasteiger partial charge < -0.3 is 10.1 Å². The maximum absolute atomic E-state index is 6.07. The zero-order valence-electron chi connectivity index (χ0n) is 12.9. The van der Waals surface area contributed by atoms with Gasteiger partial charge in [-0.2, -0.15) is 0 Å². The van der Waals surface area contributed by atoms with Gasteiger partial charge in [-0.3, -0.25) is 4.98 Å². The molecule has 0 fully saturated rings. The second kappa shape index (κ2) is 5.49. The number of ether oxygens (including phenoxy) is 1. The zero-order valence-corrected chi connectivity index (χ0v) is 12.9. The second-order valence-electron chi connectivity index (χ2n) is 6.31. The quantitative estimate of drug-likeness (QED) is 0.930. The first kappa shape index (κ1) is 14.1. The van der Waals surface area contributed by atoms with Gasteiger partial charge in [0.1, 0.15) is 11.4 Å². The second-order valence-corrected chi connectivity index (χ2v) is 6.31. The minimum atomic E-state index is -0.147. The number of nitrogens with one attached hydrogen (secondary N) is 1. The minimum Gasteiger partial charge on any atom is -0.487 e. The summed E-state index contributed by atoms with van der Waals surface area (Å²) >= 11 is 0. The molecule has 1 aliphatic heterocycles. The van der Waals surface area contributed by atoms with Crippen molar-refractivity contribution in [3.63, 3.8) is 0 Å². The Morgan fingerprint density at radius 1 is 1.19 bits per heavy atom. The molecule has 1 aromatic carbocycles. The molecular weight excluding hydrogens is 260 g/mol. The van der Waals surface area contributed by atoms with E-state index < -0.39 is 0 Å². The average molecular weight is 282 g/mol. The van der Waals surface area contributed by atoms with E-state index in [4.69, 9.17) is 4.74 Å². The van der Waals surface area contributed by atoms with E-state index in [1.807, 2.05) is 19.1 Å². The number of rotatable bonds is 3. The lowest BCUT2D eigenvalue weighted by molar-refractivity contribution is 0.0656. The lowest BCUT2D eigenvalue weighted by Crippen LogP contribution is -2.39. The van der Waals surface area contributed by atoms with Gasteiger partial charge in [0.25, 0.3) is 0 Å². The van der Waals surface area contributed by atoms with Crippen LogP contribution >= 0.6 is 0 Å². The van der Waals surface area contributed by atoms with Crippen LogP contribution in [0.2, 0.25) is 0 Å². The van der Waals surface area contributed by atoms with E-state index in [2.05, 4.69) is 54.5 Å². The smallest absolute Gasteiger partial charge is 0.124 e. The number of nitrogens with zero attached hydrogens (tertiary/aromatic N) is 1. The molecule has 110 valence electrons. The molecule has 0 aliphatic carbocycles. The highest BCUT2D eigenvalue weighted by Gasteiger charge is 2.33. The van der Waals surface area contributed by atoms with Crippen molar-refractivity contribution in [1.29, 1.82) is 0 Å². The Balaban J connectivity index is 1.78. The van der Waals surface area contributed by atoms with Crippen molar-refractivity contribution in [3.05, 3.63) is 59.4 Å². The first-order valence-electron chi connectivity index (χ1n) is 7.47. The lowest BCUT2D eigenvalue weighted by Gasteiger charge is -2.38. The van der Waals surface area contributed by atoms with Gasteiger partial charge in [-0.15, -0.1) is 0 Å². The van der Waals surface area contributed by atoms with Crippen molar-refractivity contribution < 1.29 is 4.74 Å². The van der Waals surface area contributed by atoms with E-state index in [0.717, 1.165) is 30.1 Å². The van der Waals surface area contributed by atoms with Crippen molar-refractivity contribution in [1.82, 2.24) is 10.3 Å². The van der Waals surface area contributed by atoms with Gasteiger partial charge in [-0.1, -0.05) is 24.3 Å². The highest BCUT2D eigenvalue weighted by Crippen LogP contribution is 2.39. The van der Waals surface area contributed by atoms with E-state index in [1.165, 1.54) is 5.56 Å². The first-order chi connectivity index (χ1) is 10.0. The predicted molar refractivity (Wildman–Crippen MR) is 84.3 cm³/mol. The van der Waals surface area contributed by atoms with Gasteiger partial charge in [-0.05, 0) is 39.0 Å². The Bertz CT molecular complexity index is 637. The number of hydrogen-bond acceptors (Lipinski definition) is 3. The molecule has 3 heteroatoms. The van der Waals surface area contributed by atoms with Crippen molar-refractivity contribution >= 4 is 0 Å². The Hall–Kier alpha value is -1.87. The number of fused-ring (bicyclic) bond motifs is 1. The molecule has 3 nitrogen and oxygen atoms in total. The monoisotopic (exact) mass is 282 g/mol. The Kier molecular flexibility index (Phi) is 3.68. The minimum absolute atomic E-state index is 0.147. The summed E-state index contributed by atoms with van der Waals surface area (Å²) in [7, 11) is 0. The maximum atomic E-state index is 6.07. The molecule has 1 atom stereocenters. The van der Waals surface area contributed by atoms with Gasteiger partial charge in [0.05, 0.1) is 5.69 Å². The highest BCUT2D eigenvalue weighted by molar-refractivity contribution is 5.38. The van der Waals surface area contributed by atoms with Crippen molar-refractivity contribution in [2.24, 2.45) is 0 Å². The van der Waals surface area contributed by atoms with Crippen LogP contribution in [-0.2, 0) is 6.54 Å². The number of pyridine rings is 1. The first-order valence-corrected chi connectivity index (χ1v) is 7.47. The molecule has 0 saturated carbocycles. The molecule has 0 spiro atoms. The van der Waals surface area contributed by atoms with Gasteiger partial charge in [-0.25, -0.2) is 0 Å². The van der Waals surface area contributed by atoms with Gasteiger partial charge in [0.2, 0.25) is 0 Å². The van der Waals surface area contributed by atoms with Crippen LogP contribution in [-0.4, -0.2) is 10.6 Å². The topological polar surface area (TPSA) is 34.1 Å². The van der Waals surface area contributed by atoms with E-state index in [-0.39, 0.29) is 5.60 Å². The predicted octanol–water partition coefficient (Wildman–Crippen LogP) is 3.78. The summed E-state index contributed by atoms with van der Waals surface area (Å²) in [5.41, 5.74) is 3.23. The standard InChI is InChI=1S/C18H22N2O/c1-13-7-6-8-14(20-13)12-19-16-11-18(2,3)21-17-10-5-4-9-15(16)17/h4-10,16,19H,11-12H2,1-3H3. The molecule has 1 unspecified atom stereocenters. The molecule has 3 rings (SSSR count). The highest BCUT2D eigenvalue weighted by atomic mass is 16.5. The third kappa shape index (κ3) is 3.24. The fourth-order valence-electron chi connectivity index (χ4n) is 2.91. The average Bonchev–Trinajstić information content (AvgIpc) is 2.44. The molecule has 0 radical (unpaired) electrons. The molecule has 1 N–H and O–H groups in total. The van der Waals surface area contributed by atoms with E-state index in [0.29, 0.717) is 6.04 Å². The van der Waals surface area contributed by atoms with Crippen LogP contribution in [0.4, 0.5) is 0 Å². The third-order valence-electron chi connectivity index (χ3n) is 3.85. The fraction of sp³-hybridized carbons (Fsp3) is 0.389. The Morgan fingerprint density at radius 2 is 2.00 bits per heavy atom. The molecule has 2 aromatic rings. The van der Waals surface area contributed by atoms with Gasteiger partial charge >= 0.3 is 0 Å². The summed E-state index contributed by atoms with van der Waals surface area (Å²) in [4.78, 5) is 4.56. The molecule has 21 heavy (non-hydrogen) atoms. The Labute approximate surface area is 126 Å². The lowest BCUT2D eigenvalue weighted by atomic mass is 9.89. The van der Waals surface area contributed by atoms with Crippen LogP contribution in [0.3, 0.4) is 0 Å². The van der Waals surface area contributed by atoms with Crippen molar-refractivity contribution in [2.45, 2.75) is 45.4 Å². The summed E-state index contributed by atoms with van der Waals surface area (Å²) < 4.78 is 6.07. The largest absolute Gasteiger partial charge is 0.487 e. The van der Waals surface area contributed by atoms with Crippen molar-refractivity contribution in [3.8, 4) is 5.75 Å². The molecule has 1 aliphatic rings. The fourth-order valence-corrected chi connectivity index (χ4v) is 2.91. The molecule has 0 amide bonds. The van der Waals surface area contributed by atoms with Crippen LogP contribution in [0, 0.1) is 6.92 Å². The maximum Gasteiger partial charge on any atom is 0.124 e. The summed E-state index contributed by atoms with van der Waals surface area (Å²) in [6.45, 7) is 7.08. The van der Waals surface area contributed by atoms with E-state index in [9.17, 15) is 0 Å². The summed E-state index contributed by atoms with van der Waals surface area (Å²) in [6, 6.07) is 14.7. The number of aryl methyl sites for hydroxylation is 1. The molecule has 1 aromatic heterocycles. The molecular formula is C18H22N2O. The van der Waals surface area contributed by atoms with Crippen LogP contribution in [0.15, 0.2) is 42.5 Å². The molecule has 2 heterocycles. The summed E-state index contributed by atoms with van der Waals surface area (Å²) in [5.74, 6) is 0.989. The normalized spacial score (nSPS) is 19.7. The van der Waals surface area contributed by atoms with Crippen LogP contribution < -0.4 is 10.1 Å². The third-order valence-corrected chi connectivity index (χ3v) is 3.85. The molecule has 0 saturated heterocycles. The van der Waals surface area contributed by atoms with Crippen molar-refractivity contribution in [2.75, 3.05) is 0 Å². The number of aromatic nitrogens is 1. The summed E-state index contributed by atoms with van der Waals surface area (Å²) in [6.07, 6.45) is 0.954. The van der Waals surface area contributed by atoms with Gasteiger partial charge in [0.15, 0.2) is 0 Å². The number of benzene rings is 1. The van der Waals surface area contributed by atoms with Gasteiger partial charge in [0, 0.05) is 30.3 Å². The van der Waals surface area contributed by atoms with Crippen LogP contribution in [0.1, 0.15) is 43.3 Å². The SMILES string of the molecule is Cc1cccc(CNC2CC(C)(C)Oc3ccccc32)n1. The van der Waals surface area contributed by atoms with Crippen LogP contribution in [0.5, 0.6) is 5.75 Å². The number of para-hydroxylation sites is 1. The molecule has 0 bridgehead atoms.